The molecule has 0 spiro atoms. The molecule has 2 aromatic carbocycles. The first kappa shape index (κ1) is 14.1. The minimum absolute atomic E-state index is 0.341. The van der Waals surface area contributed by atoms with Crippen molar-refractivity contribution in [2.75, 3.05) is 0 Å². The van der Waals surface area contributed by atoms with Gasteiger partial charge in [0.25, 0.3) is 0 Å². The van der Waals surface area contributed by atoms with Crippen molar-refractivity contribution < 1.29 is 4.42 Å². The zero-order valence-corrected chi connectivity index (χ0v) is 12.3. The molecular formula is C20H16O2. The molecule has 3 aromatic rings. The van der Waals surface area contributed by atoms with E-state index in [0.29, 0.717) is 5.76 Å². The quantitative estimate of drug-likeness (QED) is 0.694. The Kier molecular flexibility index (Phi) is 4.01. The van der Waals surface area contributed by atoms with E-state index in [4.69, 9.17) is 4.42 Å². The largest absolute Gasteiger partial charge is 0.422 e. The van der Waals surface area contributed by atoms with E-state index in [0.717, 1.165) is 16.7 Å². The topological polar surface area (TPSA) is 30.2 Å². The van der Waals surface area contributed by atoms with Gasteiger partial charge in [0.1, 0.15) is 5.76 Å². The molecule has 0 unspecified atom stereocenters. The van der Waals surface area contributed by atoms with Crippen molar-refractivity contribution in [1.82, 2.24) is 0 Å². The van der Waals surface area contributed by atoms with Crippen LogP contribution in [0.4, 0.5) is 0 Å². The molecule has 108 valence electrons. The van der Waals surface area contributed by atoms with Crippen LogP contribution >= 0.6 is 0 Å². The monoisotopic (exact) mass is 288 g/mol. The predicted octanol–water partition coefficient (Wildman–Crippen LogP) is 4.79. The standard InChI is InChI=1S/C20H16O2/c1-15-7-9-16(10-8-15)11-12-18-13-14-19(21)22-20(18)17-5-3-2-4-6-17/h2-14H,1H3/b12-11+. The first-order valence-corrected chi connectivity index (χ1v) is 7.17. The van der Waals surface area contributed by atoms with E-state index in [1.165, 1.54) is 11.6 Å². The minimum atomic E-state index is -0.341. The maximum atomic E-state index is 11.5. The summed E-state index contributed by atoms with van der Waals surface area (Å²) in [6.07, 6.45) is 3.98. The molecule has 0 atom stereocenters. The van der Waals surface area contributed by atoms with E-state index >= 15 is 0 Å². The van der Waals surface area contributed by atoms with E-state index in [1.54, 1.807) is 6.07 Å². The van der Waals surface area contributed by atoms with E-state index in [1.807, 2.05) is 42.5 Å². The lowest BCUT2D eigenvalue weighted by Crippen LogP contribution is -1.98. The van der Waals surface area contributed by atoms with Gasteiger partial charge in [0.15, 0.2) is 0 Å². The number of rotatable bonds is 3. The SMILES string of the molecule is Cc1ccc(/C=C/c2ccc(=O)oc2-c2ccccc2)cc1. The van der Waals surface area contributed by atoms with Crippen molar-refractivity contribution in [2.24, 2.45) is 0 Å². The third-order valence-corrected chi connectivity index (χ3v) is 3.43. The summed E-state index contributed by atoms with van der Waals surface area (Å²) in [5.41, 5.74) is 3.77. The number of hydrogen-bond acceptors (Lipinski definition) is 2. The summed E-state index contributed by atoms with van der Waals surface area (Å²) in [7, 11) is 0. The fraction of sp³-hybridized carbons (Fsp3) is 0.0500. The van der Waals surface area contributed by atoms with Crippen LogP contribution in [0.5, 0.6) is 0 Å². The van der Waals surface area contributed by atoms with Crippen LogP contribution in [0.1, 0.15) is 16.7 Å². The summed E-state index contributed by atoms with van der Waals surface area (Å²) in [4.78, 5) is 11.5. The number of hydrogen-bond donors (Lipinski definition) is 0. The van der Waals surface area contributed by atoms with Crippen LogP contribution in [-0.4, -0.2) is 0 Å². The Morgan fingerprint density at radius 2 is 1.55 bits per heavy atom. The highest BCUT2D eigenvalue weighted by atomic mass is 16.4. The molecule has 0 radical (unpaired) electrons. The smallest absolute Gasteiger partial charge is 0.336 e. The van der Waals surface area contributed by atoms with Gasteiger partial charge in [-0.3, -0.25) is 0 Å². The second kappa shape index (κ2) is 6.27. The van der Waals surface area contributed by atoms with E-state index in [-0.39, 0.29) is 5.63 Å². The molecule has 22 heavy (non-hydrogen) atoms. The van der Waals surface area contributed by atoms with Crippen molar-refractivity contribution in [1.29, 1.82) is 0 Å². The summed E-state index contributed by atoms with van der Waals surface area (Å²) in [6, 6.07) is 21.2. The molecule has 0 bridgehead atoms. The normalized spacial score (nSPS) is 11.0. The molecule has 0 saturated carbocycles. The molecule has 0 N–H and O–H groups in total. The predicted molar refractivity (Wildman–Crippen MR) is 90.5 cm³/mol. The van der Waals surface area contributed by atoms with Crippen LogP contribution in [0.25, 0.3) is 23.5 Å². The summed E-state index contributed by atoms with van der Waals surface area (Å²) < 4.78 is 5.40. The van der Waals surface area contributed by atoms with Gasteiger partial charge in [0, 0.05) is 17.2 Å². The fourth-order valence-electron chi connectivity index (χ4n) is 2.24. The Labute approximate surface area is 129 Å². The molecule has 2 heteroatoms. The van der Waals surface area contributed by atoms with Crippen molar-refractivity contribution in [2.45, 2.75) is 6.92 Å². The lowest BCUT2D eigenvalue weighted by atomic mass is 10.1. The van der Waals surface area contributed by atoms with Crippen LogP contribution in [0.2, 0.25) is 0 Å². The van der Waals surface area contributed by atoms with Crippen LogP contribution in [0.15, 0.2) is 75.9 Å². The Bertz CT molecular complexity index is 841. The van der Waals surface area contributed by atoms with Gasteiger partial charge < -0.3 is 4.42 Å². The molecule has 3 rings (SSSR count). The molecular weight excluding hydrogens is 272 g/mol. The Morgan fingerprint density at radius 3 is 2.27 bits per heavy atom. The van der Waals surface area contributed by atoms with Gasteiger partial charge in [-0.1, -0.05) is 72.3 Å². The third-order valence-electron chi connectivity index (χ3n) is 3.43. The Balaban J connectivity index is 2.00. The second-order valence-electron chi connectivity index (χ2n) is 5.15. The zero-order chi connectivity index (χ0) is 15.4. The Hall–Kier alpha value is -2.87. The van der Waals surface area contributed by atoms with Gasteiger partial charge in [-0.25, -0.2) is 4.79 Å². The summed E-state index contributed by atoms with van der Waals surface area (Å²) in [6.45, 7) is 2.06. The summed E-state index contributed by atoms with van der Waals surface area (Å²) in [5, 5.41) is 0. The average Bonchev–Trinajstić information content (AvgIpc) is 2.56. The number of benzene rings is 2. The molecule has 0 aliphatic rings. The number of aryl methyl sites for hydroxylation is 1. The highest BCUT2D eigenvalue weighted by Crippen LogP contribution is 2.23. The molecule has 1 heterocycles. The minimum Gasteiger partial charge on any atom is -0.422 e. The average molecular weight is 288 g/mol. The summed E-state index contributed by atoms with van der Waals surface area (Å²) >= 11 is 0. The lowest BCUT2D eigenvalue weighted by molar-refractivity contribution is 0.525. The molecule has 0 fully saturated rings. The first-order valence-electron chi connectivity index (χ1n) is 7.17. The molecule has 0 aliphatic heterocycles. The van der Waals surface area contributed by atoms with Gasteiger partial charge in [0.05, 0.1) is 0 Å². The van der Waals surface area contributed by atoms with Crippen LogP contribution in [0.3, 0.4) is 0 Å². The fourth-order valence-corrected chi connectivity index (χ4v) is 2.24. The third kappa shape index (κ3) is 3.23. The van der Waals surface area contributed by atoms with Gasteiger partial charge in [0.2, 0.25) is 0 Å². The Morgan fingerprint density at radius 1 is 0.818 bits per heavy atom. The van der Waals surface area contributed by atoms with Gasteiger partial charge >= 0.3 is 5.63 Å². The van der Waals surface area contributed by atoms with Crippen LogP contribution in [-0.2, 0) is 0 Å². The van der Waals surface area contributed by atoms with Crippen molar-refractivity contribution in [3.8, 4) is 11.3 Å². The van der Waals surface area contributed by atoms with Gasteiger partial charge in [-0.05, 0) is 18.6 Å². The van der Waals surface area contributed by atoms with Gasteiger partial charge in [-0.15, -0.1) is 0 Å². The maximum absolute atomic E-state index is 11.5. The van der Waals surface area contributed by atoms with Crippen molar-refractivity contribution in [3.63, 3.8) is 0 Å². The molecule has 2 nitrogen and oxygen atoms in total. The molecule has 0 saturated heterocycles. The lowest BCUT2D eigenvalue weighted by Gasteiger charge is -2.04. The van der Waals surface area contributed by atoms with E-state index < -0.39 is 0 Å². The summed E-state index contributed by atoms with van der Waals surface area (Å²) in [5.74, 6) is 0.594. The van der Waals surface area contributed by atoms with E-state index in [2.05, 4.69) is 31.2 Å². The highest BCUT2D eigenvalue weighted by molar-refractivity contribution is 5.77. The van der Waals surface area contributed by atoms with Crippen molar-refractivity contribution in [3.05, 3.63) is 93.8 Å². The van der Waals surface area contributed by atoms with Crippen LogP contribution in [0, 0.1) is 6.92 Å². The van der Waals surface area contributed by atoms with Gasteiger partial charge in [-0.2, -0.15) is 0 Å². The maximum Gasteiger partial charge on any atom is 0.336 e. The molecule has 1 aromatic heterocycles. The highest BCUT2D eigenvalue weighted by Gasteiger charge is 2.06. The van der Waals surface area contributed by atoms with Crippen molar-refractivity contribution >= 4 is 12.2 Å². The zero-order valence-electron chi connectivity index (χ0n) is 12.3. The molecule has 0 aliphatic carbocycles. The molecule has 0 amide bonds. The first-order chi connectivity index (χ1) is 10.7. The van der Waals surface area contributed by atoms with Crippen LogP contribution < -0.4 is 5.63 Å². The van der Waals surface area contributed by atoms with E-state index in [9.17, 15) is 4.79 Å². The second-order valence-corrected chi connectivity index (χ2v) is 5.15.